The van der Waals surface area contributed by atoms with Crippen molar-refractivity contribution < 1.29 is 9.90 Å². The number of carbonyl (C=O) groups excluding carboxylic acids is 1. The SMILES string of the molecule is Cc1cccnc1CC(=O)N(C)C1CCCCC1O. The molecule has 1 amide bonds. The van der Waals surface area contributed by atoms with Gasteiger partial charge in [0.25, 0.3) is 0 Å². The molecule has 4 heteroatoms. The predicted molar refractivity (Wildman–Crippen MR) is 73.7 cm³/mol. The number of pyridine rings is 1. The zero-order chi connectivity index (χ0) is 13.8. The Bertz CT molecular complexity index is 448. The molecular weight excluding hydrogens is 240 g/mol. The van der Waals surface area contributed by atoms with Gasteiger partial charge in [-0.3, -0.25) is 9.78 Å². The molecule has 2 atom stereocenters. The van der Waals surface area contributed by atoms with Crippen LogP contribution in [0.15, 0.2) is 18.3 Å². The van der Waals surface area contributed by atoms with Crippen molar-refractivity contribution in [2.75, 3.05) is 7.05 Å². The van der Waals surface area contributed by atoms with E-state index in [-0.39, 0.29) is 18.1 Å². The fourth-order valence-electron chi connectivity index (χ4n) is 2.70. The quantitative estimate of drug-likeness (QED) is 0.902. The molecule has 1 aliphatic carbocycles. The lowest BCUT2D eigenvalue weighted by molar-refractivity contribution is -0.134. The maximum Gasteiger partial charge on any atom is 0.228 e. The average molecular weight is 262 g/mol. The lowest BCUT2D eigenvalue weighted by atomic mass is 9.91. The molecule has 0 aliphatic heterocycles. The number of likely N-dealkylation sites (N-methyl/N-ethyl adjacent to an activating group) is 1. The Morgan fingerprint density at radius 1 is 1.47 bits per heavy atom. The van der Waals surface area contributed by atoms with Crippen LogP contribution >= 0.6 is 0 Å². The molecule has 2 unspecified atom stereocenters. The second kappa shape index (κ2) is 6.15. The number of amides is 1. The van der Waals surface area contributed by atoms with Gasteiger partial charge in [-0.2, -0.15) is 0 Å². The molecule has 19 heavy (non-hydrogen) atoms. The second-order valence-corrected chi connectivity index (χ2v) is 5.37. The highest BCUT2D eigenvalue weighted by atomic mass is 16.3. The zero-order valence-corrected chi connectivity index (χ0v) is 11.7. The first-order valence-electron chi connectivity index (χ1n) is 6.94. The smallest absolute Gasteiger partial charge is 0.228 e. The normalized spacial score (nSPS) is 23.1. The number of aliphatic hydroxyl groups excluding tert-OH is 1. The van der Waals surface area contributed by atoms with Crippen LogP contribution in [-0.2, 0) is 11.2 Å². The van der Waals surface area contributed by atoms with Crippen LogP contribution in [0.5, 0.6) is 0 Å². The lowest BCUT2D eigenvalue weighted by Gasteiger charge is -2.35. The van der Waals surface area contributed by atoms with Crippen molar-refractivity contribution in [1.29, 1.82) is 0 Å². The number of carbonyl (C=O) groups is 1. The molecule has 2 rings (SSSR count). The van der Waals surface area contributed by atoms with Gasteiger partial charge in [-0.15, -0.1) is 0 Å². The maximum atomic E-state index is 12.3. The molecule has 0 saturated heterocycles. The molecule has 1 saturated carbocycles. The van der Waals surface area contributed by atoms with Crippen LogP contribution in [0, 0.1) is 6.92 Å². The van der Waals surface area contributed by atoms with Crippen molar-refractivity contribution in [2.45, 2.75) is 51.2 Å². The third kappa shape index (κ3) is 3.32. The van der Waals surface area contributed by atoms with Crippen molar-refractivity contribution >= 4 is 5.91 Å². The maximum absolute atomic E-state index is 12.3. The molecular formula is C15H22N2O2. The summed E-state index contributed by atoms with van der Waals surface area (Å²) < 4.78 is 0. The van der Waals surface area contributed by atoms with Gasteiger partial charge in [0.15, 0.2) is 0 Å². The first kappa shape index (κ1) is 14.0. The van der Waals surface area contributed by atoms with Crippen LogP contribution in [-0.4, -0.2) is 40.1 Å². The minimum Gasteiger partial charge on any atom is -0.391 e. The minimum atomic E-state index is -0.382. The highest BCUT2D eigenvalue weighted by molar-refractivity contribution is 5.78. The van der Waals surface area contributed by atoms with Gasteiger partial charge in [0.2, 0.25) is 5.91 Å². The predicted octanol–water partition coefficient (Wildman–Crippen LogP) is 1.69. The van der Waals surface area contributed by atoms with Crippen LogP contribution in [0.25, 0.3) is 0 Å². The molecule has 1 aromatic heterocycles. The van der Waals surface area contributed by atoms with Crippen LogP contribution in [0.2, 0.25) is 0 Å². The monoisotopic (exact) mass is 262 g/mol. The molecule has 0 aromatic carbocycles. The number of aromatic nitrogens is 1. The van der Waals surface area contributed by atoms with Gasteiger partial charge in [0.1, 0.15) is 0 Å². The summed E-state index contributed by atoms with van der Waals surface area (Å²) in [5, 5.41) is 10.00. The summed E-state index contributed by atoms with van der Waals surface area (Å²) in [6.45, 7) is 1.96. The average Bonchev–Trinajstić information content (AvgIpc) is 2.41. The second-order valence-electron chi connectivity index (χ2n) is 5.37. The van der Waals surface area contributed by atoms with Gasteiger partial charge in [-0.05, 0) is 31.4 Å². The summed E-state index contributed by atoms with van der Waals surface area (Å²) in [6.07, 6.45) is 5.47. The van der Waals surface area contributed by atoms with E-state index in [1.807, 2.05) is 19.1 Å². The third-order valence-electron chi connectivity index (χ3n) is 4.02. The summed E-state index contributed by atoms with van der Waals surface area (Å²) in [6, 6.07) is 3.80. The molecule has 104 valence electrons. The Kier molecular flexibility index (Phi) is 4.53. The molecule has 1 heterocycles. The van der Waals surface area contributed by atoms with Crippen molar-refractivity contribution in [3.05, 3.63) is 29.6 Å². The largest absolute Gasteiger partial charge is 0.391 e. The van der Waals surface area contributed by atoms with Crippen molar-refractivity contribution in [3.63, 3.8) is 0 Å². The molecule has 0 bridgehead atoms. The van der Waals surface area contributed by atoms with E-state index in [2.05, 4.69) is 4.98 Å². The standard InChI is InChI=1S/C15H22N2O2/c1-11-6-5-9-16-12(11)10-15(19)17(2)13-7-3-4-8-14(13)18/h5-6,9,13-14,18H,3-4,7-8,10H2,1-2H3. The zero-order valence-electron chi connectivity index (χ0n) is 11.7. The van der Waals surface area contributed by atoms with E-state index < -0.39 is 0 Å². The number of aliphatic hydroxyl groups is 1. The Morgan fingerprint density at radius 2 is 2.21 bits per heavy atom. The molecule has 1 aliphatic rings. The van der Waals surface area contributed by atoms with E-state index in [0.29, 0.717) is 6.42 Å². The first-order valence-corrected chi connectivity index (χ1v) is 6.94. The van der Waals surface area contributed by atoms with Crippen molar-refractivity contribution in [2.24, 2.45) is 0 Å². The van der Waals surface area contributed by atoms with Gasteiger partial charge in [0, 0.05) is 13.2 Å². The third-order valence-corrected chi connectivity index (χ3v) is 4.02. The summed E-state index contributed by atoms with van der Waals surface area (Å²) in [5.74, 6) is 0.0350. The summed E-state index contributed by atoms with van der Waals surface area (Å²) in [7, 11) is 1.79. The number of aryl methyl sites for hydroxylation is 1. The van der Waals surface area contributed by atoms with Gasteiger partial charge in [0.05, 0.1) is 24.3 Å². The van der Waals surface area contributed by atoms with Crippen LogP contribution < -0.4 is 0 Å². The highest BCUT2D eigenvalue weighted by Gasteiger charge is 2.29. The van der Waals surface area contributed by atoms with E-state index in [4.69, 9.17) is 0 Å². The lowest BCUT2D eigenvalue weighted by Crippen LogP contribution is -2.46. The first-order chi connectivity index (χ1) is 9.09. The number of hydrogen-bond donors (Lipinski definition) is 1. The number of rotatable bonds is 3. The minimum absolute atomic E-state index is 0.0350. The molecule has 0 spiro atoms. The van der Waals surface area contributed by atoms with E-state index in [1.165, 1.54) is 0 Å². The molecule has 1 N–H and O–H groups in total. The van der Waals surface area contributed by atoms with Crippen molar-refractivity contribution in [3.8, 4) is 0 Å². The van der Waals surface area contributed by atoms with Crippen LogP contribution in [0.4, 0.5) is 0 Å². The van der Waals surface area contributed by atoms with E-state index in [1.54, 1.807) is 18.1 Å². The van der Waals surface area contributed by atoms with E-state index >= 15 is 0 Å². The highest BCUT2D eigenvalue weighted by Crippen LogP contribution is 2.23. The van der Waals surface area contributed by atoms with E-state index in [9.17, 15) is 9.90 Å². The Labute approximate surface area is 114 Å². The molecule has 1 aromatic rings. The fourth-order valence-corrected chi connectivity index (χ4v) is 2.70. The van der Waals surface area contributed by atoms with Gasteiger partial charge >= 0.3 is 0 Å². The van der Waals surface area contributed by atoms with E-state index in [0.717, 1.165) is 36.9 Å². The van der Waals surface area contributed by atoms with Gasteiger partial charge < -0.3 is 10.0 Å². The molecule has 4 nitrogen and oxygen atoms in total. The van der Waals surface area contributed by atoms with Crippen LogP contribution in [0.1, 0.15) is 36.9 Å². The Balaban J connectivity index is 2.01. The summed E-state index contributed by atoms with van der Waals surface area (Å²) >= 11 is 0. The summed E-state index contributed by atoms with van der Waals surface area (Å²) in [4.78, 5) is 18.2. The Morgan fingerprint density at radius 3 is 2.89 bits per heavy atom. The molecule has 0 radical (unpaired) electrons. The van der Waals surface area contributed by atoms with Crippen LogP contribution in [0.3, 0.4) is 0 Å². The summed E-state index contributed by atoms with van der Waals surface area (Å²) in [5.41, 5.74) is 1.86. The number of nitrogens with zero attached hydrogens (tertiary/aromatic N) is 2. The fraction of sp³-hybridized carbons (Fsp3) is 0.600. The number of hydrogen-bond acceptors (Lipinski definition) is 3. The Hall–Kier alpha value is -1.42. The van der Waals surface area contributed by atoms with Gasteiger partial charge in [-0.25, -0.2) is 0 Å². The van der Waals surface area contributed by atoms with Gasteiger partial charge in [-0.1, -0.05) is 18.9 Å². The topological polar surface area (TPSA) is 53.4 Å². The molecule has 1 fully saturated rings. The van der Waals surface area contributed by atoms with Crippen molar-refractivity contribution in [1.82, 2.24) is 9.88 Å².